The Balaban J connectivity index is 1.23. The van der Waals surface area contributed by atoms with Crippen LogP contribution in [0.2, 0.25) is 0 Å². The highest BCUT2D eigenvalue weighted by Crippen LogP contribution is 2.48. The molecule has 0 spiro atoms. The zero-order chi connectivity index (χ0) is 21.6. The lowest BCUT2D eigenvalue weighted by molar-refractivity contribution is -0.140. The molecule has 5 rings (SSSR count). The molecule has 8 heteroatoms. The van der Waals surface area contributed by atoms with Crippen molar-refractivity contribution in [3.63, 3.8) is 0 Å². The van der Waals surface area contributed by atoms with Gasteiger partial charge in [-0.1, -0.05) is 0 Å². The second-order valence-corrected chi connectivity index (χ2v) is 8.78. The fourth-order valence-corrected chi connectivity index (χ4v) is 4.91. The quantitative estimate of drug-likeness (QED) is 0.730. The number of carbonyl (C=O) groups excluding carboxylic acids is 1. The molecule has 3 aliphatic rings. The van der Waals surface area contributed by atoms with E-state index >= 15 is 0 Å². The number of anilines is 1. The Labute approximate surface area is 180 Å². The molecule has 2 aliphatic heterocycles. The van der Waals surface area contributed by atoms with Gasteiger partial charge in [0, 0.05) is 62.4 Å². The van der Waals surface area contributed by atoms with Crippen LogP contribution in [0.5, 0.6) is 0 Å². The second-order valence-electron chi connectivity index (χ2n) is 8.78. The van der Waals surface area contributed by atoms with E-state index in [0.29, 0.717) is 24.2 Å². The maximum Gasteiger partial charge on any atom is 0.248 e. The number of carbonyl (C=O) groups is 1. The summed E-state index contributed by atoms with van der Waals surface area (Å²) in [6.45, 7) is 1.27. The molecule has 0 N–H and O–H groups in total. The molecule has 31 heavy (non-hydrogen) atoms. The maximum absolute atomic E-state index is 12.9. The summed E-state index contributed by atoms with van der Waals surface area (Å²) >= 11 is 0. The van der Waals surface area contributed by atoms with Crippen LogP contribution in [0.1, 0.15) is 36.8 Å². The number of fused-ring (bicyclic) bond motifs is 2. The first-order valence-corrected chi connectivity index (χ1v) is 10.7. The van der Waals surface area contributed by atoms with Crippen molar-refractivity contribution in [1.82, 2.24) is 14.5 Å². The molecule has 2 saturated heterocycles. The molecule has 2 aromatic heterocycles. The number of aromatic nitrogens is 2. The van der Waals surface area contributed by atoms with Crippen molar-refractivity contribution in [2.24, 2.45) is 7.05 Å². The largest absolute Gasteiger partial charge is 0.360 e. The van der Waals surface area contributed by atoms with Gasteiger partial charge in [-0.3, -0.25) is 9.59 Å². The summed E-state index contributed by atoms with van der Waals surface area (Å²) in [6, 6.07) is 7.77. The first-order valence-electron chi connectivity index (χ1n) is 10.7. The third-order valence-electron chi connectivity index (χ3n) is 6.70. The second kappa shape index (κ2) is 7.50. The molecule has 0 radical (unpaired) electrons. The molecule has 2 unspecified atom stereocenters. The minimum atomic E-state index is -0.612. The lowest BCUT2D eigenvalue weighted by Gasteiger charge is -2.41. The van der Waals surface area contributed by atoms with E-state index < -0.39 is 5.60 Å². The van der Waals surface area contributed by atoms with E-state index in [9.17, 15) is 9.59 Å². The molecule has 4 heterocycles. The van der Waals surface area contributed by atoms with E-state index in [2.05, 4.69) is 16.0 Å². The van der Waals surface area contributed by atoms with Crippen LogP contribution in [-0.2, 0) is 22.2 Å². The lowest BCUT2D eigenvalue weighted by atomic mass is 10.1. The highest BCUT2D eigenvalue weighted by Gasteiger charge is 2.49. The third kappa shape index (κ3) is 3.59. The van der Waals surface area contributed by atoms with Gasteiger partial charge in [0.15, 0.2) is 5.43 Å². The topological polar surface area (TPSA) is 91.5 Å². The number of likely N-dealkylation sites (tertiary alicyclic amines) is 1. The smallest absolute Gasteiger partial charge is 0.248 e. The number of pyridine rings is 2. The number of nitriles is 1. The molecule has 2 bridgehead atoms. The van der Waals surface area contributed by atoms with Crippen LogP contribution < -0.4 is 10.3 Å². The minimum absolute atomic E-state index is 0.00734. The zero-order valence-electron chi connectivity index (χ0n) is 17.5. The highest BCUT2D eigenvalue weighted by atomic mass is 16.5. The van der Waals surface area contributed by atoms with E-state index in [0.717, 1.165) is 31.5 Å². The van der Waals surface area contributed by atoms with Crippen molar-refractivity contribution in [2.45, 2.75) is 43.4 Å². The summed E-state index contributed by atoms with van der Waals surface area (Å²) in [4.78, 5) is 33.9. The van der Waals surface area contributed by atoms with Crippen molar-refractivity contribution in [2.75, 3.05) is 24.6 Å². The molecule has 2 aromatic rings. The summed E-state index contributed by atoms with van der Waals surface area (Å²) in [7, 11) is 1.88. The van der Waals surface area contributed by atoms with Crippen molar-refractivity contribution >= 4 is 11.7 Å². The van der Waals surface area contributed by atoms with E-state index in [1.165, 1.54) is 0 Å². The Kier molecular flexibility index (Phi) is 4.78. The molecule has 1 aliphatic carbocycles. The number of amides is 1. The average Bonchev–Trinajstić information content (AvgIpc) is 3.53. The minimum Gasteiger partial charge on any atom is -0.360 e. The summed E-state index contributed by atoms with van der Waals surface area (Å²) in [6.07, 6.45) is 8.70. The van der Waals surface area contributed by atoms with Gasteiger partial charge < -0.3 is 19.1 Å². The Morgan fingerprint density at radius 1 is 1.26 bits per heavy atom. The van der Waals surface area contributed by atoms with Crippen LogP contribution in [0.15, 0.2) is 41.6 Å². The molecule has 3 fully saturated rings. The van der Waals surface area contributed by atoms with E-state index in [1.54, 1.807) is 24.5 Å². The molecular formula is C23H25N5O3. The first-order chi connectivity index (χ1) is 15.0. The fourth-order valence-electron chi connectivity index (χ4n) is 4.91. The van der Waals surface area contributed by atoms with Crippen LogP contribution in [0.4, 0.5) is 5.82 Å². The van der Waals surface area contributed by atoms with Gasteiger partial charge >= 0.3 is 0 Å². The van der Waals surface area contributed by atoms with Gasteiger partial charge in [-0.15, -0.1) is 0 Å². The Hall–Kier alpha value is -3.18. The van der Waals surface area contributed by atoms with Gasteiger partial charge in [-0.05, 0) is 37.8 Å². The molecule has 1 amide bonds. The number of ether oxygens (including phenoxy) is 1. The molecular weight excluding hydrogens is 394 g/mol. The Bertz CT molecular complexity index is 1090. The van der Waals surface area contributed by atoms with E-state index in [-0.39, 0.29) is 30.0 Å². The van der Waals surface area contributed by atoms with Crippen LogP contribution in [-0.4, -0.2) is 52.1 Å². The predicted octanol–water partition coefficient (Wildman–Crippen LogP) is 1.54. The van der Waals surface area contributed by atoms with Gasteiger partial charge in [0.2, 0.25) is 5.91 Å². The summed E-state index contributed by atoms with van der Waals surface area (Å²) in [5.41, 5.74) is 0.537. The first kappa shape index (κ1) is 19.8. The summed E-state index contributed by atoms with van der Waals surface area (Å²) in [5.74, 6) is 0.843. The third-order valence-corrected chi connectivity index (χ3v) is 6.70. The van der Waals surface area contributed by atoms with Gasteiger partial charge in [0.1, 0.15) is 18.5 Å². The van der Waals surface area contributed by atoms with E-state index in [1.807, 2.05) is 28.8 Å². The van der Waals surface area contributed by atoms with Crippen molar-refractivity contribution in [1.29, 1.82) is 5.26 Å². The number of hydrogen-bond acceptors (Lipinski definition) is 6. The van der Waals surface area contributed by atoms with Gasteiger partial charge in [-0.2, -0.15) is 5.26 Å². The normalized spacial score (nSPS) is 23.5. The average molecular weight is 419 g/mol. The molecule has 1 saturated carbocycles. The van der Waals surface area contributed by atoms with E-state index in [4.69, 9.17) is 10.00 Å². The van der Waals surface area contributed by atoms with Crippen molar-refractivity contribution < 1.29 is 9.53 Å². The monoisotopic (exact) mass is 419 g/mol. The standard InChI is InChI=1S/C23H25N5O3/c1-26-9-6-20(29)19(14-26)23(7-8-23)31-15-22(30)27-12-17-3-4-18(13-27)28(17)21-5-2-16(10-24)11-25-21/h2,5-6,9,11,14,17-18H,3-4,7-8,12-13,15H2,1H3. The summed E-state index contributed by atoms with van der Waals surface area (Å²) in [5, 5.41) is 8.99. The number of rotatable bonds is 5. The van der Waals surface area contributed by atoms with Gasteiger partial charge in [0.05, 0.1) is 11.2 Å². The lowest BCUT2D eigenvalue weighted by Crippen LogP contribution is -2.56. The fraction of sp³-hybridized carbons (Fsp3) is 0.478. The molecule has 0 aromatic carbocycles. The van der Waals surface area contributed by atoms with Gasteiger partial charge in [0.25, 0.3) is 0 Å². The summed E-state index contributed by atoms with van der Waals surface area (Å²) < 4.78 is 7.89. The van der Waals surface area contributed by atoms with Crippen LogP contribution in [0.25, 0.3) is 0 Å². The van der Waals surface area contributed by atoms with Crippen LogP contribution in [0, 0.1) is 11.3 Å². The molecule has 8 nitrogen and oxygen atoms in total. The number of nitrogens with zero attached hydrogens (tertiary/aromatic N) is 5. The van der Waals surface area contributed by atoms with Crippen molar-refractivity contribution in [3.05, 3.63) is 58.1 Å². The van der Waals surface area contributed by atoms with Gasteiger partial charge in [-0.25, -0.2) is 4.98 Å². The molecule has 160 valence electrons. The SMILES string of the molecule is Cn1ccc(=O)c(C2(OCC(=O)N3CC4CCC(C3)N4c3ccc(C#N)cn3)CC2)c1. The highest BCUT2D eigenvalue weighted by molar-refractivity contribution is 5.78. The van der Waals surface area contributed by atoms with Crippen LogP contribution in [0.3, 0.4) is 0 Å². The maximum atomic E-state index is 12.9. The predicted molar refractivity (Wildman–Crippen MR) is 113 cm³/mol. The Morgan fingerprint density at radius 3 is 2.61 bits per heavy atom. The van der Waals surface area contributed by atoms with Crippen LogP contribution >= 0.6 is 0 Å². The van der Waals surface area contributed by atoms with Crippen molar-refractivity contribution in [3.8, 4) is 6.07 Å². The Morgan fingerprint density at radius 2 is 2.00 bits per heavy atom. The molecule has 2 atom stereocenters. The number of piperazine rings is 1. The number of hydrogen-bond donors (Lipinski definition) is 0. The number of aryl methyl sites for hydroxylation is 1. The zero-order valence-corrected chi connectivity index (χ0v) is 17.5.